The Morgan fingerprint density at radius 1 is 1.36 bits per heavy atom. The summed E-state index contributed by atoms with van der Waals surface area (Å²) in [7, 11) is 0. The van der Waals surface area contributed by atoms with Gasteiger partial charge in [0, 0.05) is 18.8 Å². The maximum absolute atomic E-state index is 13.3. The first-order valence-corrected chi connectivity index (χ1v) is 8.00. The second-order valence-corrected chi connectivity index (χ2v) is 6.16. The average Bonchev–Trinajstić information content (AvgIpc) is 3.25. The van der Waals surface area contributed by atoms with Gasteiger partial charge < -0.3 is 15.2 Å². The number of rotatable bonds is 3. The lowest BCUT2D eigenvalue weighted by Gasteiger charge is -2.15. The molecule has 25 heavy (non-hydrogen) atoms. The summed E-state index contributed by atoms with van der Waals surface area (Å²) in [6, 6.07) is 8.73. The van der Waals surface area contributed by atoms with Crippen molar-refractivity contribution in [2.75, 3.05) is 18.4 Å². The summed E-state index contributed by atoms with van der Waals surface area (Å²) < 4.78 is 13.3. The van der Waals surface area contributed by atoms with E-state index in [2.05, 4.69) is 10.3 Å². The minimum atomic E-state index is -0.636. The van der Waals surface area contributed by atoms with Crippen LogP contribution in [0.5, 0.6) is 0 Å². The molecule has 128 valence electrons. The number of aromatic nitrogens is 1. The van der Waals surface area contributed by atoms with E-state index in [-0.39, 0.29) is 29.8 Å². The first kappa shape index (κ1) is 17.0. The van der Waals surface area contributed by atoms with Crippen molar-refractivity contribution in [1.29, 1.82) is 5.26 Å². The Bertz CT molecular complexity index is 874. The van der Waals surface area contributed by atoms with Gasteiger partial charge in [-0.2, -0.15) is 5.26 Å². The van der Waals surface area contributed by atoms with Crippen LogP contribution in [0.25, 0.3) is 0 Å². The predicted octanol–water partition coefficient (Wildman–Crippen LogP) is 2.78. The van der Waals surface area contributed by atoms with Gasteiger partial charge in [-0.3, -0.25) is 9.59 Å². The molecule has 0 unspecified atom stereocenters. The lowest BCUT2D eigenvalue weighted by molar-refractivity contribution is -0.119. The molecule has 1 aliphatic heterocycles. The molecule has 1 atom stereocenters. The molecule has 0 saturated carbocycles. The summed E-state index contributed by atoms with van der Waals surface area (Å²) in [4.78, 5) is 29.0. The molecule has 2 heterocycles. The number of halogens is 2. The van der Waals surface area contributed by atoms with E-state index in [4.69, 9.17) is 16.9 Å². The molecule has 1 aliphatic rings. The van der Waals surface area contributed by atoms with Crippen molar-refractivity contribution < 1.29 is 14.0 Å². The third-order valence-corrected chi connectivity index (χ3v) is 4.30. The molecule has 1 fully saturated rings. The molecule has 0 spiro atoms. The van der Waals surface area contributed by atoms with Crippen molar-refractivity contribution in [3.63, 3.8) is 0 Å². The number of hydrogen-bond donors (Lipinski definition) is 2. The normalized spacial score (nSPS) is 16.5. The number of hydrogen-bond acceptors (Lipinski definition) is 3. The summed E-state index contributed by atoms with van der Waals surface area (Å²) in [5.74, 6) is -1.49. The van der Waals surface area contributed by atoms with Gasteiger partial charge in [-0.1, -0.05) is 11.6 Å². The van der Waals surface area contributed by atoms with Crippen LogP contribution in [0.3, 0.4) is 0 Å². The van der Waals surface area contributed by atoms with E-state index in [1.807, 2.05) is 0 Å². The van der Waals surface area contributed by atoms with E-state index in [9.17, 15) is 14.0 Å². The van der Waals surface area contributed by atoms with Gasteiger partial charge in [0.25, 0.3) is 5.91 Å². The highest BCUT2D eigenvalue weighted by Crippen LogP contribution is 2.22. The molecule has 8 heteroatoms. The zero-order chi connectivity index (χ0) is 18.0. The number of carbonyl (C=O) groups is 2. The summed E-state index contributed by atoms with van der Waals surface area (Å²) in [5, 5.41) is 11.9. The SMILES string of the molecule is N#Cc1cc(NC(=O)[C@H]2CCN(C(=O)c3ccc(Cl)[nH]3)C2)ccc1F. The average molecular weight is 361 g/mol. The van der Waals surface area contributed by atoms with Gasteiger partial charge in [0.05, 0.1) is 11.5 Å². The minimum absolute atomic E-state index is 0.135. The first-order chi connectivity index (χ1) is 12.0. The highest BCUT2D eigenvalue weighted by Gasteiger charge is 2.32. The molecule has 3 rings (SSSR count). The summed E-state index contributed by atoms with van der Waals surface area (Å²) in [5.41, 5.74) is 0.594. The van der Waals surface area contributed by atoms with Gasteiger partial charge in [0.15, 0.2) is 0 Å². The predicted molar refractivity (Wildman–Crippen MR) is 89.6 cm³/mol. The molecule has 1 aromatic heterocycles. The number of amides is 2. The Labute approximate surface area is 148 Å². The summed E-state index contributed by atoms with van der Waals surface area (Å²) in [6.45, 7) is 0.744. The number of benzene rings is 1. The lowest BCUT2D eigenvalue weighted by Crippen LogP contribution is -2.31. The third kappa shape index (κ3) is 3.64. The number of nitrogens with one attached hydrogen (secondary N) is 2. The van der Waals surface area contributed by atoms with E-state index < -0.39 is 5.82 Å². The topological polar surface area (TPSA) is 89.0 Å². The van der Waals surface area contributed by atoms with Crippen molar-refractivity contribution in [1.82, 2.24) is 9.88 Å². The van der Waals surface area contributed by atoms with E-state index in [1.165, 1.54) is 12.1 Å². The molecule has 2 amide bonds. The standard InChI is InChI=1S/C17H14ClFN4O2/c18-15-4-3-14(22-15)17(25)23-6-5-10(9-23)16(24)21-12-1-2-13(19)11(7-12)8-20/h1-4,7,10,22H,5-6,9H2,(H,21,24)/t10-/m0/s1. The molecule has 0 radical (unpaired) electrons. The Kier molecular flexibility index (Phi) is 4.72. The number of likely N-dealkylation sites (tertiary alicyclic amines) is 1. The van der Waals surface area contributed by atoms with Gasteiger partial charge in [-0.15, -0.1) is 0 Å². The fraction of sp³-hybridized carbons (Fsp3) is 0.235. The zero-order valence-corrected chi connectivity index (χ0v) is 13.8. The van der Waals surface area contributed by atoms with E-state index in [1.54, 1.807) is 23.1 Å². The van der Waals surface area contributed by atoms with Crippen molar-refractivity contribution in [3.05, 3.63) is 52.6 Å². The Hall–Kier alpha value is -2.85. The van der Waals surface area contributed by atoms with Crippen LogP contribution < -0.4 is 5.32 Å². The van der Waals surface area contributed by atoms with Gasteiger partial charge in [0.1, 0.15) is 22.7 Å². The molecule has 2 N–H and O–H groups in total. The third-order valence-electron chi connectivity index (χ3n) is 4.08. The molecule has 1 saturated heterocycles. The smallest absolute Gasteiger partial charge is 0.270 e. The number of H-pyrrole nitrogens is 1. The Morgan fingerprint density at radius 3 is 2.84 bits per heavy atom. The number of anilines is 1. The van der Waals surface area contributed by atoms with Crippen LogP contribution in [0.2, 0.25) is 5.15 Å². The second-order valence-electron chi connectivity index (χ2n) is 5.75. The first-order valence-electron chi connectivity index (χ1n) is 7.62. The fourth-order valence-electron chi connectivity index (χ4n) is 2.76. The van der Waals surface area contributed by atoms with Crippen molar-refractivity contribution in [3.8, 4) is 6.07 Å². The molecular formula is C17H14ClFN4O2. The quantitative estimate of drug-likeness (QED) is 0.882. The van der Waals surface area contributed by atoms with Gasteiger partial charge >= 0.3 is 0 Å². The van der Waals surface area contributed by atoms with Gasteiger partial charge in [-0.25, -0.2) is 4.39 Å². The largest absolute Gasteiger partial charge is 0.342 e. The second kappa shape index (κ2) is 6.95. The van der Waals surface area contributed by atoms with Crippen LogP contribution in [-0.2, 0) is 4.79 Å². The molecule has 0 bridgehead atoms. The molecule has 0 aliphatic carbocycles. The van der Waals surface area contributed by atoms with Crippen molar-refractivity contribution in [2.24, 2.45) is 5.92 Å². The summed E-state index contributed by atoms with van der Waals surface area (Å²) in [6.07, 6.45) is 0.526. The fourth-order valence-corrected chi connectivity index (χ4v) is 2.92. The maximum Gasteiger partial charge on any atom is 0.270 e. The number of nitrogens with zero attached hydrogens (tertiary/aromatic N) is 2. The van der Waals surface area contributed by atoms with E-state index in [0.29, 0.717) is 29.5 Å². The highest BCUT2D eigenvalue weighted by atomic mass is 35.5. The van der Waals surface area contributed by atoms with Crippen molar-refractivity contribution >= 4 is 29.1 Å². The molecular weight excluding hydrogens is 347 g/mol. The molecule has 6 nitrogen and oxygen atoms in total. The molecule has 2 aromatic rings. The van der Waals surface area contributed by atoms with Crippen LogP contribution in [0.1, 0.15) is 22.5 Å². The van der Waals surface area contributed by atoms with Crippen LogP contribution in [-0.4, -0.2) is 34.8 Å². The highest BCUT2D eigenvalue weighted by molar-refractivity contribution is 6.29. The van der Waals surface area contributed by atoms with E-state index in [0.717, 1.165) is 6.07 Å². The maximum atomic E-state index is 13.3. The monoisotopic (exact) mass is 360 g/mol. The molecule has 1 aromatic carbocycles. The number of nitriles is 1. The number of carbonyl (C=O) groups excluding carboxylic acids is 2. The van der Waals surface area contributed by atoms with Crippen molar-refractivity contribution in [2.45, 2.75) is 6.42 Å². The van der Waals surface area contributed by atoms with Gasteiger partial charge in [-0.05, 0) is 36.8 Å². The number of aromatic amines is 1. The minimum Gasteiger partial charge on any atom is -0.342 e. The summed E-state index contributed by atoms with van der Waals surface area (Å²) >= 11 is 5.78. The van der Waals surface area contributed by atoms with E-state index >= 15 is 0 Å². The Balaban J connectivity index is 1.63. The van der Waals surface area contributed by atoms with Crippen LogP contribution in [0.4, 0.5) is 10.1 Å². The van der Waals surface area contributed by atoms with Gasteiger partial charge in [0.2, 0.25) is 5.91 Å². The van der Waals surface area contributed by atoms with Crippen LogP contribution in [0, 0.1) is 23.1 Å². The van der Waals surface area contributed by atoms with Crippen LogP contribution in [0.15, 0.2) is 30.3 Å². The van der Waals surface area contributed by atoms with Crippen LogP contribution >= 0.6 is 11.6 Å². The zero-order valence-electron chi connectivity index (χ0n) is 13.1. The lowest BCUT2D eigenvalue weighted by atomic mass is 10.1. The Morgan fingerprint density at radius 2 is 2.16 bits per heavy atom.